The van der Waals surface area contributed by atoms with Crippen LogP contribution in [0.15, 0.2) is 42.0 Å². The quantitative estimate of drug-likeness (QED) is 0.742. The Morgan fingerprint density at radius 3 is 3.25 bits per heavy atom. The number of rotatable bonds is 3. The van der Waals surface area contributed by atoms with Crippen molar-refractivity contribution in [3.63, 3.8) is 0 Å². The first-order chi connectivity index (χ1) is 9.81. The fraction of sp³-hybridized carbons (Fsp3) is 0.200. The molecule has 0 saturated carbocycles. The number of hydrogen-bond donors (Lipinski definition) is 0. The van der Waals surface area contributed by atoms with E-state index in [0.717, 1.165) is 22.0 Å². The third-order valence-corrected chi connectivity index (χ3v) is 4.36. The van der Waals surface area contributed by atoms with Gasteiger partial charge in [0, 0.05) is 23.3 Å². The molecular formula is C15H12N2O2S. The number of carbonyl (C=O) groups excluding carboxylic acids is 1. The van der Waals surface area contributed by atoms with Crippen LogP contribution in [0.1, 0.15) is 17.2 Å². The van der Waals surface area contributed by atoms with E-state index < -0.39 is 0 Å². The van der Waals surface area contributed by atoms with Gasteiger partial charge in [0.15, 0.2) is 4.96 Å². The Labute approximate surface area is 119 Å². The predicted octanol–water partition coefficient (Wildman–Crippen LogP) is 2.68. The maximum Gasteiger partial charge on any atom is 0.193 e. The summed E-state index contributed by atoms with van der Waals surface area (Å²) in [6, 6.07) is 7.75. The van der Waals surface area contributed by atoms with Crippen molar-refractivity contribution in [1.29, 1.82) is 0 Å². The number of para-hydroxylation sites is 1. The van der Waals surface area contributed by atoms with Crippen LogP contribution in [-0.2, 0) is 11.2 Å². The summed E-state index contributed by atoms with van der Waals surface area (Å²) in [7, 11) is 0. The molecule has 1 aromatic carbocycles. The van der Waals surface area contributed by atoms with Gasteiger partial charge in [-0.15, -0.1) is 11.3 Å². The number of imidazole rings is 1. The average Bonchev–Trinajstić information content (AvgIpc) is 3.10. The second kappa shape index (κ2) is 4.45. The SMILES string of the molecule is O=C(Cc1cn2ccsc2n1)C1COc2ccccc21. The molecule has 2 aromatic heterocycles. The minimum Gasteiger partial charge on any atom is -0.492 e. The van der Waals surface area contributed by atoms with Gasteiger partial charge in [-0.05, 0) is 6.07 Å². The number of fused-ring (bicyclic) bond motifs is 2. The van der Waals surface area contributed by atoms with Gasteiger partial charge in [-0.2, -0.15) is 0 Å². The van der Waals surface area contributed by atoms with Gasteiger partial charge in [0.25, 0.3) is 0 Å². The number of benzene rings is 1. The van der Waals surface area contributed by atoms with Crippen molar-refractivity contribution in [2.45, 2.75) is 12.3 Å². The Bertz CT molecular complexity index is 761. The molecule has 0 fully saturated rings. The zero-order valence-corrected chi connectivity index (χ0v) is 11.5. The van der Waals surface area contributed by atoms with Crippen LogP contribution in [0.5, 0.6) is 5.75 Å². The van der Waals surface area contributed by atoms with E-state index in [-0.39, 0.29) is 11.7 Å². The monoisotopic (exact) mass is 284 g/mol. The summed E-state index contributed by atoms with van der Waals surface area (Å²) in [6.07, 6.45) is 4.23. The van der Waals surface area contributed by atoms with Crippen molar-refractivity contribution in [2.24, 2.45) is 0 Å². The molecule has 1 atom stereocenters. The van der Waals surface area contributed by atoms with E-state index in [1.165, 1.54) is 0 Å². The second-order valence-corrected chi connectivity index (χ2v) is 5.74. The highest BCUT2D eigenvalue weighted by Gasteiger charge is 2.30. The molecule has 3 heterocycles. The van der Waals surface area contributed by atoms with E-state index in [1.807, 2.05) is 46.4 Å². The molecule has 0 saturated heterocycles. The van der Waals surface area contributed by atoms with Crippen LogP contribution in [0.4, 0.5) is 0 Å². The van der Waals surface area contributed by atoms with Crippen molar-refractivity contribution in [2.75, 3.05) is 6.61 Å². The number of hydrogen-bond acceptors (Lipinski definition) is 4. The lowest BCUT2D eigenvalue weighted by atomic mass is 9.94. The maximum absolute atomic E-state index is 12.5. The topological polar surface area (TPSA) is 43.6 Å². The first-order valence-electron chi connectivity index (χ1n) is 6.47. The lowest BCUT2D eigenvalue weighted by Crippen LogP contribution is -2.16. The largest absolute Gasteiger partial charge is 0.492 e. The van der Waals surface area contributed by atoms with Crippen LogP contribution in [0, 0.1) is 0 Å². The van der Waals surface area contributed by atoms with E-state index in [1.54, 1.807) is 11.3 Å². The lowest BCUT2D eigenvalue weighted by molar-refractivity contribution is -0.120. The van der Waals surface area contributed by atoms with Gasteiger partial charge < -0.3 is 4.74 Å². The van der Waals surface area contributed by atoms with Crippen molar-refractivity contribution in [1.82, 2.24) is 9.38 Å². The zero-order valence-electron chi connectivity index (χ0n) is 10.7. The number of carbonyl (C=O) groups is 1. The molecule has 3 aromatic rings. The fourth-order valence-corrected chi connectivity index (χ4v) is 3.31. The standard InChI is InChI=1S/C15H12N2O2S/c18-13(7-10-8-17-5-6-20-15(17)16-10)12-9-19-14-4-2-1-3-11(12)14/h1-6,8,12H,7,9H2. The molecule has 0 N–H and O–H groups in total. The number of ketones is 1. The van der Waals surface area contributed by atoms with Gasteiger partial charge >= 0.3 is 0 Å². The molecule has 4 nitrogen and oxygen atoms in total. The Morgan fingerprint density at radius 1 is 1.45 bits per heavy atom. The number of nitrogens with zero attached hydrogens (tertiary/aromatic N) is 2. The van der Waals surface area contributed by atoms with Gasteiger partial charge in [0.1, 0.15) is 18.1 Å². The Morgan fingerprint density at radius 2 is 2.35 bits per heavy atom. The van der Waals surface area contributed by atoms with Crippen molar-refractivity contribution in [3.8, 4) is 5.75 Å². The molecule has 20 heavy (non-hydrogen) atoms. The second-order valence-electron chi connectivity index (χ2n) is 4.87. The molecule has 100 valence electrons. The summed E-state index contributed by atoms with van der Waals surface area (Å²) in [6.45, 7) is 0.445. The Kier molecular flexibility index (Phi) is 2.60. The zero-order chi connectivity index (χ0) is 13.5. The highest BCUT2D eigenvalue weighted by Crippen LogP contribution is 2.34. The van der Waals surface area contributed by atoms with Crippen LogP contribution in [-0.4, -0.2) is 21.8 Å². The van der Waals surface area contributed by atoms with Gasteiger partial charge in [-0.25, -0.2) is 4.98 Å². The molecule has 5 heteroatoms. The van der Waals surface area contributed by atoms with Crippen molar-refractivity contribution >= 4 is 22.1 Å². The van der Waals surface area contributed by atoms with Gasteiger partial charge in [-0.1, -0.05) is 18.2 Å². The minimum absolute atomic E-state index is 0.161. The van der Waals surface area contributed by atoms with E-state index >= 15 is 0 Å². The highest BCUT2D eigenvalue weighted by atomic mass is 32.1. The third kappa shape index (κ3) is 1.82. The Hall–Kier alpha value is -2.14. The van der Waals surface area contributed by atoms with Crippen LogP contribution in [0.25, 0.3) is 4.96 Å². The van der Waals surface area contributed by atoms with Crippen molar-refractivity contribution < 1.29 is 9.53 Å². The van der Waals surface area contributed by atoms with E-state index in [2.05, 4.69) is 4.98 Å². The van der Waals surface area contributed by atoms with Gasteiger partial charge in [0.2, 0.25) is 0 Å². The first kappa shape index (κ1) is 11.7. The van der Waals surface area contributed by atoms with Gasteiger partial charge in [0.05, 0.1) is 18.0 Å². The predicted molar refractivity (Wildman–Crippen MR) is 76.5 cm³/mol. The van der Waals surface area contributed by atoms with Gasteiger partial charge in [-0.3, -0.25) is 9.20 Å². The average molecular weight is 284 g/mol. The molecule has 0 amide bonds. The number of aromatic nitrogens is 2. The summed E-state index contributed by atoms with van der Waals surface area (Å²) >= 11 is 1.57. The Balaban J connectivity index is 1.58. The molecule has 1 aliphatic heterocycles. The summed E-state index contributed by atoms with van der Waals surface area (Å²) in [4.78, 5) is 17.8. The molecular weight excluding hydrogens is 272 g/mol. The maximum atomic E-state index is 12.5. The third-order valence-electron chi connectivity index (χ3n) is 3.59. The van der Waals surface area contributed by atoms with Crippen LogP contribution >= 0.6 is 11.3 Å². The van der Waals surface area contributed by atoms with E-state index in [4.69, 9.17) is 4.74 Å². The fourth-order valence-electron chi connectivity index (χ4n) is 2.59. The normalized spacial score (nSPS) is 17.1. The molecule has 0 spiro atoms. The van der Waals surface area contributed by atoms with E-state index in [9.17, 15) is 4.79 Å². The van der Waals surface area contributed by atoms with Crippen LogP contribution in [0.2, 0.25) is 0 Å². The molecule has 1 aliphatic rings. The van der Waals surface area contributed by atoms with Crippen molar-refractivity contribution in [3.05, 3.63) is 53.3 Å². The lowest BCUT2D eigenvalue weighted by Gasteiger charge is -2.06. The van der Waals surface area contributed by atoms with Crippen LogP contribution < -0.4 is 4.74 Å². The number of Topliss-reactive ketones (excluding diaryl/α,β-unsaturated/α-hetero) is 1. The molecule has 0 radical (unpaired) electrons. The molecule has 0 bridgehead atoms. The summed E-state index contributed by atoms with van der Waals surface area (Å²) in [5.41, 5.74) is 1.82. The minimum atomic E-state index is -0.161. The van der Waals surface area contributed by atoms with Crippen LogP contribution in [0.3, 0.4) is 0 Å². The van der Waals surface area contributed by atoms with E-state index in [0.29, 0.717) is 13.0 Å². The number of ether oxygens (including phenoxy) is 1. The summed E-state index contributed by atoms with van der Waals surface area (Å²) in [5, 5.41) is 1.98. The number of thiazole rings is 1. The molecule has 1 unspecified atom stereocenters. The smallest absolute Gasteiger partial charge is 0.193 e. The highest BCUT2D eigenvalue weighted by molar-refractivity contribution is 7.15. The first-order valence-corrected chi connectivity index (χ1v) is 7.35. The summed E-state index contributed by atoms with van der Waals surface area (Å²) in [5.74, 6) is 0.836. The summed E-state index contributed by atoms with van der Waals surface area (Å²) < 4.78 is 7.52. The molecule has 0 aliphatic carbocycles. The molecule has 4 rings (SSSR count).